The second kappa shape index (κ2) is 6.47. The molecule has 3 aromatic rings. The molecule has 6 nitrogen and oxygen atoms in total. The van der Waals surface area contributed by atoms with Crippen molar-refractivity contribution in [2.45, 2.75) is 25.4 Å². The van der Waals surface area contributed by atoms with Crippen LogP contribution in [0.4, 0.5) is 0 Å². The lowest BCUT2D eigenvalue weighted by Gasteiger charge is -2.25. The molecule has 126 valence electrons. The highest BCUT2D eigenvalue weighted by Gasteiger charge is 2.30. The normalized spacial score (nSPS) is 17.1. The number of carbonyl (C=O) groups excluding carboxylic acids is 1. The summed E-state index contributed by atoms with van der Waals surface area (Å²) in [6.07, 6.45) is 7.00. The first kappa shape index (κ1) is 15.5. The van der Waals surface area contributed by atoms with Crippen LogP contribution in [0.5, 0.6) is 0 Å². The molecule has 4 rings (SSSR count). The fourth-order valence-electron chi connectivity index (χ4n) is 3.46. The predicted molar refractivity (Wildman–Crippen MR) is 93.9 cm³/mol. The number of benzene rings is 1. The lowest BCUT2D eigenvalue weighted by atomic mass is 10.1. The van der Waals surface area contributed by atoms with Gasteiger partial charge in [-0.25, -0.2) is 4.68 Å². The first-order chi connectivity index (χ1) is 12.2. The Bertz CT molecular complexity index is 968. The summed E-state index contributed by atoms with van der Waals surface area (Å²) in [5.74, 6) is -0.0795. The summed E-state index contributed by atoms with van der Waals surface area (Å²) in [4.78, 5) is 31.2. The van der Waals surface area contributed by atoms with Gasteiger partial charge in [0.25, 0.3) is 5.56 Å². The maximum Gasteiger partial charge on any atom is 0.275 e. The van der Waals surface area contributed by atoms with E-state index in [2.05, 4.69) is 10.1 Å². The summed E-state index contributed by atoms with van der Waals surface area (Å²) >= 11 is 0. The molecule has 1 fully saturated rings. The van der Waals surface area contributed by atoms with E-state index in [-0.39, 0.29) is 24.1 Å². The van der Waals surface area contributed by atoms with Gasteiger partial charge in [0, 0.05) is 24.3 Å². The van der Waals surface area contributed by atoms with E-state index in [1.54, 1.807) is 24.7 Å². The minimum atomic E-state index is -0.230. The van der Waals surface area contributed by atoms with Crippen LogP contribution in [-0.4, -0.2) is 32.1 Å². The number of rotatable bonds is 3. The van der Waals surface area contributed by atoms with Crippen molar-refractivity contribution >= 4 is 16.7 Å². The molecule has 25 heavy (non-hydrogen) atoms. The van der Waals surface area contributed by atoms with Gasteiger partial charge >= 0.3 is 0 Å². The Morgan fingerprint density at radius 1 is 1.16 bits per heavy atom. The molecule has 0 N–H and O–H groups in total. The quantitative estimate of drug-likeness (QED) is 0.736. The summed E-state index contributed by atoms with van der Waals surface area (Å²) in [5.41, 5.74) is 0.853. The van der Waals surface area contributed by atoms with Gasteiger partial charge < -0.3 is 4.90 Å². The van der Waals surface area contributed by atoms with Crippen LogP contribution in [0.2, 0.25) is 0 Å². The molecule has 1 aliphatic rings. The summed E-state index contributed by atoms with van der Waals surface area (Å²) in [5, 5.41) is 5.53. The smallest absolute Gasteiger partial charge is 0.275 e. The number of hydrogen-bond donors (Lipinski definition) is 0. The predicted octanol–water partition coefficient (Wildman–Crippen LogP) is 2.16. The number of pyridine rings is 1. The highest BCUT2D eigenvalue weighted by atomic mass is 16.2. The van der Waals surface area contributed by atoms with Crippen molar-refractivity contribution in [2.24, 2.45) is 0 Å². The molecule has 3 heterocycles. The highest BCUT2D eigenvalue weighted by molar-refractivity contribution is 5.81. The standard InChI is InChI=1S/C19H18N4O2/c24-18(22-11-3-6-17(22)14-7-9-20-10-8-14)13-23-19(25)16-5-2-1-4-15(16)12-21-23/h1-2,4-5,7-10,12,17H,3,6,11,13H2/t17-/m0/s1. The van der Waals surface area contributed by atoms with Gasteiger partial charge in [-0.1, -0.05) is 18.2 Å². The Morgan fingerprint density at radius 2 is 1.96 bits per heavy atom. The molecular weight excluding hydrogens is 316 g/mol. The van der Waals surface area contributed by atoms with Gasteiger partial charge in [-0.2, -0.15) is 5.10 Å². The van der Waals surface area contributed by atoms with Crippen molar-refractivity contribution in [1.29, 1.82) is 0 Å². The summed E-state index contributed by atoms with van der Waals surface area (Å²) in [6.45, 7) is 0.666. The largest absolute Gasteiger partial charge is 0.334 e. The summed E-state index contributed by atoms with van der Waals surface area (Å²) < 4.78 is 1.26. The zero-order valence-electron chi connectivity index (χ0n) is 13.7. The summed E-state index contributed by atoms with van der Waals surface area (Å²) in [7, 11) is 0. The van der Waals surface area contributed by atoms with Crippen LogP contribution >= 0.6 is 0 Å². The number of likely N-dealkylation sites (tertiary alicyclic amines) is 1. The Balaban J connectivity index is 1.60. The van der Waals surface area contributed by atoms with Gasteiger partial charge in [-0.3, -0.25) is 14.6 Å². The van der Waals surface area contributed by atoms with Gasteiger partial charge in [0.1, 0.15) is 6.54 Å². The molecule has 2 aromatic heterocycles. The van der Waals surface area contributed by atoms with Crippen molar-refractivity contribution in [3.63, 3.8) is 0 Å². The van der Waals surface area contributed by atoms with Crippen molar-refractivity contribution < 1.29 is 4.79 Å². The molecule has 0 unspecified atom stereocenters. The van der Waals surface area contributed by atoms with Gasteiger partial charge in [0.15, 0.2) is 0 Å². The minimum Gasteiger partial charge on any atom is -0.334 e. The molecule has 1 amide bonds. The maximum absolute atomic E-state index is 12.8. The second-order valence-corrected chi connectivity index (χ2v) is 6.22. The molecule has 1 saturated heterocycles. The summed E-state index contributed by atoms with van der Waals surface area (Å²) in [6, 6.07) is 11.2. The third kappa shape index (κ3) is 2.91. The molecule has 1 aromatic carbocycles. The topological polar surface area (TPSA) is 68.1 Å². The third-order valence-corrected chi connectivity index (χ3v) is 4.71. The fourth-order valence-corrected chi connectivity index (χ4v) is 3.46. The van der Waals surface area contributed by atoms with E-state index in [0.717, 1.165) is 23.8 Å². The van der Waals surface area contributed by atoms with Crippen molar-refractivity contribution in [1.82, 2.24) is 19.7 Å². The van der Waals surface area contributed by atoms with Gasteiger partial charge in [-0.05, 0) is 36.6 Å². The van der Waals surface area contributed by atoms with Gasteiger partial charge in [0.05, 0.1) is 17.6 Å². The lowest BCUT2D eigenvalue weighted by molar-refractivity contribution is -0.133. The van der Waals surface area contributed by atoms with Crippen LogP contribution in [0.3, 0.4) is 0 Å². The van der Waals surface area contributed by atoms with E-state index in [9.17, 15) is 9.59 Å². The van der Waals surface area contributed by atoms with Crippen molar-refractivity contribution in [3.8, 4) is 0 Å². The number of amides is 1. The molecule has 6 heteroatoms. The molecular formula is C19H18N4O2. The van der Waals surface area contributed by atoms with Crippen LogP contribution in [0.25, 0.3) is 10.8 Å². The number of carbonyl (C=O) groups is 1. The maximum atomic E-state index is 12.8. The monoisotopic (exact) mass is 334 g/mol. The second-order valence-electron chi connectivity index (χ2n) is 6.22. The Hall–Kier alpha value is -3.02. The van der Waals surface area contributed by atoms with Crippen molar-refractivity contribution in [3.05, 3.63) is 70.9 Å². The van der Waals surface area contributed by atoms with Crippen LogP contribution in [-0.2, 0) is 11.3 Å². The Morgan fingerprint density at radius 3 is 2.80 bits per heavy atom. The molecule has 1 atom stereocenters. The van der Waals surface area contributed by atoms with E-state index in [4.69, 9.17) is 0 Å². The van der Waals surface area contributed by atoms with E-state index in [1.165, 1.54) is 4.68 Å². The molecule has 0 radical (unpaired) electrons. The van der Waals surface area contributed by atoms with E-state index >= 15 is 0 Å². The SMILES string of the molecule is O=C(Cn1ncc2ccccc2c1=O)N1CCC[C@H]1c1ccncc1. The van der Waals surface area contributed by atoms with Gasteiger partial charge in [0.2, 0.25) is 5.91 Å². The Labute approximate surface area is 144 Å². The minimum absolute atomic E-state index is 0.0365. The van der Waals surface area contributed by atoms with Crippen LogP contribution in [0.15, 0.2) is 59.8 Å². The van der Waals surface area contributed by atoms with E-state index in [1.807, 2.05) is 35.2 Å². The van der Waals surface area contributed by atoms with E-state index < -0.39 is 0 Å². The Kier molecular flexibility index (Phi) is 4.01. The molecule has 0 saturated carbocycles. The van der Waals surface area contributed by atoms with Crippen LogP contribution in [0.1, 0.15) is 24.4 Å². The lowest BCUT2D eigenvalue weighted by Crippen LogP contribution is -2.37. The molecule has 0 aliphatic carbocycles. The first-order valence-corrected chi connectivity index (χ1v) is 8.38. The van der Waals surface area contributed by atoms with Crippen LogP contribution < -0.4 is 5.56 Å². The number of fused-ring (bicyclic) bond motifs is 1. The average Bonchev–Trinajstić information content (AvgIpc) is 3.15. The molecule has 1 aliphatic heterocycles. The third-order valence-electron chi connectivity index (χ3n) is 4.71. The average molecular weight is 334 g/mol. The molecule has 0 spiro atoms. The first-order valence-electron chi connectivity index (χ1n) is 8.38. The van der Waals surface area contributed by atoms with E-state index in [0.29, 0.717) is 11.9 Å². The zero-order chi connectivity index (χ0) is 17.2. The van der Waals surface area contributed by atoms with Crippen LogP contribution in [0, 0.1) is 0 Å². The van der Waals surface area contributed by atoms with Crippen molar-refractivity contribution in [2.75, 3.05) is 6.54 Å². The zero-order valence-corrected chi connectivity index (χ0v) is 13.7. The fraction of sp³-hybridized carbons (Fsp3) is 0.263. The highest BCUT2D eigenvalue weighted by Crippen LogP contribution is 2.31. The van der Waals surface area contributed by atoms with Gasteiger partial charge in [-0.15, -0.1) is 0 Å². The molecule has 0 bridgehead atoms. The number of hydrogen-bond acceptors (Lipinski definition) is 4. The number of nitrogens with zero attached hydrogens (tertiary/aromatic N) is 4. The number of aromatic nitrogens is 3.